The summed E-state index contributed by atoms with van der Waals surface area (Å²) in [6.45, 7) is 0. The molecule has 0 bridgehead atoms. The van der Waals surface area contributed by atoms with Crippen LogP contribution >= 0.6 is 0 Å². The molecule has 1 nitrogen and oxygen atoms in total. The van der Waals surface area contributed by atoms with E-state index < -0.39 is 0 Å². The lowest BCUT2D eigenvalue weighted by atomic mass is 9.94. The SMILES string of the molecule is CN(c1ccccc1-c1ccccc1)c1cc(-c2cccc3ccccc23)ccc1-c1ccccc1. The second-order valence-electron chi connectivity index (χ2n) is 9.07. The minimum absolute atomic E-state index is 1.18. The highest BCUT2D eigenvalue weighted by molar-refractivity contribution is 5.98. The maximum Gasteiger partial charge on any atom is 0.0494 e. The van der Waals surface area contributed by atoms with Gasteiger partial charge < -0.3 is 4.90 Å². The average Bonchev–Trinajstić information content (AvgIpc) is 2.97. The molecule has 6 aromatic carbocycles. The van der Waals surface area contributed by atoms with Crippen molar-refractivity contribution in [2.24, 2.45) is 0 Å². The minimum Gasteiger partial charge on any atom is -0.344 e. The van der Waals surface area contributed by atoms with Gasteiger partial charge in [-0.05, 0) is 45.2 Å². The van der Waals surface area contributed by atoms with Gasteiger partial charge in [-0.15, -0.1) is 0 Å². The molecule has 0 radical (unpaired) electrons. The van der Waals surface area contributed by atoms with Gasteiger partial charge in [0.15, 0.2) is 0 Å². The van der Waals surface area contributed by atoms with Crippen molar-refractivity contribution in [1.82, 2.24) is 0 Å². The zero-order valence-electron chi connectivity index (χ0n) is 20.3. The fourth-order valence-corrected chi connectivity index (χ4v) is 5.07. The van der Waals surface area contributed by atoms with Crippen LogP contribution in [0.1, 0.15) is 0 Å². The highest BCUT2D eigenvalue weighted by Crippen LogP contribution is 2.41. The highest BCUT2D eigenvalue weighted by atomic mass is 15.1. The Morgan fingerprint density at radius 1 is 0.389 bits per heavy atom. The molecule has 0 atom stereocenters. The van der Waals surface area contributed by atoms with Crippen molar-refractivity contribution in [1.29, 1.82) is 0 Å². The van der Waals surface area contributed by atoms with Crippen LogP contribution in [0.15, 0.2) is 146 Å². The van der Waals surface area contributed by atoms with E-state index in [4.69, 9.17) is 0 Å². The van der Waals surface area contributed by atoms with Gasteiger partial charge in [-0.2, -0.15) is 0 Å². The molecule has 0 amide bonds. The normalized spacial score (nSPS) is 10.9. The summed E-state index contributed by atoms with van der Waals surface area (Å²) in [5, 5.41) is 2.53. The predicted octanol–water partition coefficient (Wildman–Crippen LogP) is 9.61. The first-order valence-electron chi connectivity index (χ1n) is 12.4. The lowest BCUT2D eigenvalue weighted by Crippen LogP contribution is -2.12. The van der Waals surface area contributed by atoms with Crippen LogP contribution in [0.3, 0.4) is 0 Å². The first kappa shape index (κ1) is 21.9. The van der Waals surface area contributed by atoms with Gasteiger partial charge in [0.05, 0.1) is 0 Å². The molecule has 0 saturated heterocycles. The predicted molar refractivity (Wildman–Crippen MR) is 155 cm³/mol. The van der Waals surface area contributed by atoms with E-state index in [0.717, 1.165) is 0 Å². The number of rotatable bonds is 5. The molecule has 6 rings (SSSR count). The van der Waals surface area contributed by atoms with E-state index >= 15 is 0 Å². The molecule has 0 aliphatic carbocycles. The Balaban J connectivity index is 1.56. The summed E-state index contributed by atoms with van der Waals surface area (Å²) in [6, 6.07) is 52.0. The Labute approximate surface area is 212 Å². The zero-order valence-corrected chi connectivity index (χ0v) is 20.3. The molecule has 1 heteroatoms. The second-order valence-corrected chi connectivity index (χ2v) is 9.07. The molecular weight excluding hydrogens is 434 g/mol. The van der Waals surface area contributed by atoms with Gasteiger partial charge in [-0.25, -0.2) is 0 Å². The Morgan fingerprint density at radius 3 is 1.69 bits per heavy atom. The van der Waals surface area contributed by atoms with Gasteiger partial charge in [0.2, 0.25) is 0 Å². The van der Waals surface area contributed by atoms with E-state index in [1.165, 1.54) is 55.5 Å². The molecule has 36 heavy (non-hydrogen) atoms. The molecular formula is C35H27N. The van der Waals surface area contributed by atoms with Crippen molar-refractivity contribution in [3.63, 3.8) is 0 Å². The third kappa shape index (κ3) is 4.06. The van der Waals surface area contributed by atoms with E-state index in [9.17, 15) is 0 Å². The van der Waals surface area contributed by atoms with Crippen molar-refractivity contribution in [2.45, 2.75) is 0 Å². The van der Waals surface area contributed by atoms with Crippen LogP contribution in [-0.4, -0.2) is 7.05 Å². The number of anilines is 2. The first-order valence-corrected chi connectivity index (χ1v) is 12.4. The molecule has 0 unspecified atom stereocenters. The fraction of sp³-hybridized carbons (Fsp3) is 0.0286. The molecule has 6 aromatic rings. The molecule has 0 aliphatic rings. The van der Waals surface area contributed by atoms with E-state index in [1.807, 2.05) is 0 Å². The summed E-state index contributed by atoms with van der Waals surface area (Å²) in [6.07, 6.45) is 0. The van der Waals surface area contributed by atoms with E-state index in [2.05, 4.69) is 158 Å². The maximum absolute atomic E-state index is 2.34. The second kappa shape index (κ2) is 9.56. The average molecular weight is 462 g/mol. The topological polar surface area (TPSA) is 3.24 Å². The Kier molecular flexibility index (Phi) is 5.81. The first-order chi connectivity index (χ1) is 17.8. The van der Waals surface area contributed by atoms with Crippen molar-refractivity contribution in [2.75, 3.05) is 11.9 Å². The number of benzene rings is 6. The van der Waals surface area contributed by atoms with Gasteiger partial charge in [0.1, 0.15) is 0 Å². The number of hydrogen-bond donors (Lipinski definition) is 0. The van der Waals surface area contributed by atoms with Crippen LogP contribution in [0, 0.1) is 0 Å². The van der Waals surface area contributed by atoms with Crippen molar-refractivity contribution >= 4 is 22.1 Å². The van der Waals surface area contributed by atoms with Gasteiger partial charge in [0.25, 0.3) is 0 Å². The van der Waals surface area contributed by atoms with E-state index in [1.54, 1.807) is 0 Å². The lowest BCUT2D eigenvalue weighted by molar-refractivity contribution is 1.21. The Hall–Kier alpha value is -4.62. The molecule has 0 N–H and O–H groups in total. The summed E-state index contributed by atoms with van der Waals surface area (Å²) in [5.74, 6) is 0. The van der Waals surface area contributed by atoms with Gasteiger partial charge in [-0.1, -0.05) is 133 Å². The Morgan fingerprint density at radius 2 is 0.944 bits per heavy atom. The van der Waals surface area contributed by atoms with Crippen LogP contribution in [0.25, 0.3) is 44.2 Å². The fourth-order valence-electron chi connectivity index (χ4n) is 5.07. The number of hydrogen-bond acceptors (Lipinski definition) is 1. The maximum atomic E-state index is 2.34. The number of para-hydroxylation sites is 1. The van der Waals surface area contributed by atoms with Crippen LogP contribution in [0.2, 0.25) is 0 Å². The number of fused-ring (bicyclic) bond motifs is 1. The molecule has 172 valence electrons. The molecule has 0 aliphatic heterocycles. The van der Waals surface area contributed by atoms with E-state index in [-0.39, 0.29) is 0 Å². The molecule has 0 spiro atoms. The van der Waals surface area contributed by atoms with Crippen molar-refractivity contribution < 1.29 is 0 Å². The smallest absolute Gasteiger partial charge is 0.0494 e. The summed E-state index contributed by atoms with van der Waals surface area (Å²) in [4.78, 5) is 2.33. The molecule has 0 heterocycles. The summed E-state index contributed by atoms with van der Waals surface area (Å²) < 4.78 is 0. The van der Waals surface area contributed by atoms with Gasteiger partial charge in [0, 0.05) is 29.5 Å². The van der Waals surface area contributed by atoms with Crippen molar-refractivity contribution in [3.05, 3.63) is 146 Å². The largest absolute Gasteiger partial charge is 0.344 e. The minimum atomic E-state index is 1.18. The monoisotopic (exact) mass is 461 g/mol. The third-order valence-corrected chi connectivity index (χ3v) is 6.89. The summed E-state index contributed by atoms with van der Waals surface area (Å²) >= 11 is 0. The third-order valence-electron chi connectivity index (χ3n) is 6.89. The summed E-state index contributed by atoms with van der Waals surface area (Å²) in [7, 11) is 2.18. The van der Waals surface area contributed by atoms with Crippen LogP contribution in [-0.2, 0) is 0 Å². The molecule has 0 saturated carbocycles. The Bertz CT molecular complexity index is 1630. The summed E-state index contributed by atoms with van der Waals surface area (Å²) in [5.41, 5.74) is 9.67. The van der Waals surface area contributed by atoms with E-state index in [0.29, 0.717) is 0 Å². The zero-order chi connectivity index (χ0) is 24.3. The quantitative estimate of drug-likeness (QED) is 0.247. The van der Waals surface area contributed by atoms with Gasteiger partial charge in [-0.3, -0.25) is 0 Å². The number of nitrogens with zero attached hydrogens (tertiary/aromatic N) is 1. The van der Waals surface area contributed by atoms with Crippen LogP contribution < -0.4 is 4.90 Å². The highest BCUT2D eigenvalue weighted by Gasteiger charge is 2.16. The van der Waals surface area contributed by atoms with Crippen LogP contribution in [0.5, 0.6) is 0 Å². The van der Waals surface area contributed by atoms with Gasteiger partial charge >= 0.3 is 0 Å². The lowest BCUT2D eigenvalue weighted by Gasteiger charge is -2.26. The molecule has 0 aromatic heterocycles. The van der Waals surface area contributed by atoms with Crippen LogP contribution in [0.4, 0.5) is 11.4 Å². The molecule has 0 fully saturated rings. The van der Waals surface area contributed by atoms with Crippen molar-refractivity contribution in [3.8, 4) is 33.4 Å². The standard InChI is InChI=1S/C35H27N/c1-36(34-22-11-10-20-32(34)27-13-4-2-5-14-27)35-25-29(23-24-33(35)28-15-6-3-7-16-28)31-21-12-18-26-17-8-9-19-30(26)31/h2-25H,1H3.